The van der Waals surface area contributed by atoms with Crippen LogP contribution in [0.15, 0.2) is 53.9 Å². The zero-order valence-electron chi connectivity index (χ0n) is 18.3. The summed E-state index contributed by atoms with van der Waals surface area (Å²) >= 11 is 6.14. The fourth-order valence-corrected chi connectivity index (χ4v) is 6.12. The van der Waals surface area contributed by atoms with Crippen LogP contribution >= 0.6 is 24.0 Å². The van der Waals surface area contributed by atoms with Gasteiger partial charge in [0.2, 0.25) is 0 Å². The minimum absolute atomic E-state index is 0. The molecule has 0 aromatic heterocycles. The molecule has 4 rings (SSSR count). The fraction of sp³-hybridized carbons (Fsp3) is 0.440. The van der Waals surface area contributed by atoms with Crippen LogP contribution in [0.5, 0.6) is 5.75 Å². The second kappa shape index (κ2) is 10.6. The van der Waals surface area contributed by atoms with Crippen LogP contribution in [0.2, 0.25) is 5.02 Å². The van der Waals surface area contributed by atoms with Gasteiger partial charge in [-0.2, -0.15) is 0 Å². The maximum Gasteiger partial charge on any atom is 0.171 e. The van der Waals surface area contributed by atoms with E-state index in [-0.39, 0.29) is 29.6 Å². The first-order valence-electron chi connectivity index (χ1n) is 11.0. The molecule has 1 heterocycles. The molecule has 1 saturated carbocycles. The number of sulfone groups is 1. The number of hydrogen-bond donors (Lipinski definition) is 1. The zero-order valence-corrected chi connectivity index (χ0v) is 20.7. The third-order valence-corrected chi connectivity index (χ3v) is 8.37. The lowest BCUT2D eigenvalue weighted by atomic mass is 9.58. The van der Waals surface area contributed by atoms with Crippen LogP contribution in [-0.4, -0.2) is 27.3 Å². The monoisotopic (exact) mass is 495 g/mol. The van der Waals surface area contributed by atoms with Gasteiger partial charge in [-0.3, -0.25) is 0 Å². The van der Waals surface area contributed by atoms with Crippen LogP contribution in [0.25, 0.3) is 0 Å². The molecule has 1 N–H and O–H groups in total. The summed E-state index contributed by atoms with van der Waals surface area (Å²) in [5.74, 6) is 0.910. The molecule has 1 aliphatic heterocycles. The SMILES string of the molecule is C/C=C/S(=O)(=O)CCCOc1ccc2c(c1)C(C1(c3ccc(Cl)cc3)CCC1)NCC2.Cl. The van der Waals surface area contributed by atoms with Gasteiger partial charge in [-0.15, -0.1) is 12.4 Å². The topological polar surface area (TPSA) is 55.4 Å². The number of halogens is 2. The van der Waals surface area contributed by atoms with E-state index in [2.05, 4.69) is 29.6 Å². The summed E-state index contributed by atoms with van der Waals surface area (Å²) in [4.78, 5) is 0. The van der Waals surface area contributed by atoms with Crippen molar-refractivity contribution in [3.8, 4) is 5.75 Å². The van der Waals surface area contributed by atoms with Crippen LogP contribution in [0.3, 0.4) is 0 Å². The predicted molar refractivity (Wildman–Crippen MR) is 134 cm³/mol. The van der Waals surface area contributed by atoms with Gasteiger partial charge >= 0.3 is 0 Å². The normalized spacial score (nSPS) is 19.6. The van der Waals surface area contributed by atoms with Crippen LogP contribution in [0, 0.1) is 0 Å². The van der Waals surface area contributed by atoms with Crippen molar-refractivity contribution in [1.29, 1.82) is 0 Å². The molecule has 0 radical (unpaired) electrons. The lowest BCUT2D eigenvalue weighted by molar-refractivity contribution is 0.164. The second-order valence-electron chi connectivity index (χ2n) is 8.55. The Labute approximate surface area is 202 Å². The third-order valence-electron chi connectivity index (χ3n) is 6.57. The van der Waals surface area contributed by atoms with Crippen molar-refractivity contribution in [2.75, 3.05) is 18.9 Å². The molecule has 2 aromatic rings. The van der Waals surface area contributed by atoms with E-state index in [9.17, 15) is 8.42 Å². The molecule has 174 valence electrons. The van der Waals surface area contributed by atoms with E-state index < -0.39 is 9.84 Å². The van der Waals surface area contributed by atoms with Crippen molar-refractivity contribution in [3.63, 3.8) is 0 Å². The van der Waals surface area contributed by atoms with Crippen LogP contribution in [0.4, 0.5) is 0 Å². The molecular formula is C25H31Cl2NO3S. The Bertz CT molecular complexity index is 1050. The van der Waals surface area contributed by atoms with Gasteiger partial charge < -0.3 is 10.1 Å². The highest BCUT2D eigenvalue weighted by Crippen LogP contribution is 2.53. The van der Waals surface area contributed by atoms with E-state index in [1.165, 1.54) is 28.5 Å². The molecule has 0 bridgehead atoms. The highest BCUT2D eigenvalue weighted by Gasteiger charge is 2.47. The van der Waals surface area contributed by atoms with Crippen molar-refractivity contribution in [2.24, 2.45) is 0 Å². The summed E-state index contributed by atoms with van der Waals surface area (Å²) in [6, 6.07) is 14.9. The largest absolute Gasteiger partial charge is 0.494 e. The minimum Gasteiger partial charge on any atom is -0.494 e. The number of rotatable bonds is 8. The molecule has 1 atom stereocenters. The molecule has 4 nitrogen and oxygen atoms in total. The summed E-state index contributed by atoms with van der Waals surface area (Å²) in [6.45, 7) is 3.07. The number of hydrogen-bond acceptors (Lipinski definition) is 4. The van der Waals surface area contributed by atoms with Gasteiger partial charge in [-0.1, -0.05) is 42.3 Å². The Kier molecular flexibility index (Phi) is 8.31. The average molecular weight is 497 g/mol. The molecule has 0 saturated heterocycles. The van der Waals surface area contributed by atoms with Crippen molar-refractivity contribution in [3.05, 3.63) is 75.7 Å². The Morgan fingerprint density at radius 2 is 1.94 bits per heavy atom. The van der Waals surface area contributed by atoms with E-state index >= 15 is 0 Å². The van der Waals surface area contributed by atoms with E-state index in [0.29, 0.717) is 13.0 Å². The Morgan fingerprint density at radius 1 is 1.19 bits per heavy atom. The quantitative estimate of drug-likeness (QED) is 0.471. The molecule has 7 heteroatoms. The zero-order chi connectivity index (χ0) is 21.9. The van der Waals surface area contributed by atoms with Gasteiger partial charge in [0, 0.05) is 21.9 Å². The molecule has 1 fully saturated rings. The van der Waals surface area contributed by atoms with E-state index in [0.717, 1.165) is 36.6 Å². The van der Waals surface area contributed by atoms with Crippen LogP contribution in [0.1, 0.15) is 55.3 Å². The molecule has 2 aliphatic rings. The summed E-state index contributed by atoms with van der Waals surface area (Å²) in [6.07, 6.45) is 6.57. The van der Waals surface area contributed by atoms with Gasteiger partial charge in [-0.25, -0.2) is 8.42 Å². The van der Waals surface area contributed by atoms with Crippen molar-refractivity contribution >= 4 is 33.8 Å². The summed E-state index contributed by atoms with van der Waals surface area (Å²) in [5.41, 5.74) is 4.10. The molecular weight excluding hydrogens is 465 g/mol. The molecule has 32 heavy (non-hydrogen) atoms. The molecule has 2 aromatic carbocycles. The average Bonchev–Trinajstić information content (AvgIpc) is 2.72. The summed E-state index contributed by atoms with van der Waals surface area (Å²) in [5, 5.41) is 5.81. The standard InChI is InChI=1S/C25H30ClNO3S.ClH/c1-2-16-31(28,29)17-4-15-30-22-10-5-19-11-14-27-24(23(19)18-22)25(12-3-13-25)20-6-8-21(26)9-7-20;/h2,5-10,16,18,24,27H,3-4,11-15,17H2,1H3;1H/b16-2+;. The van der Waals surface area contributed by atoms with E-state index in [4.69, 9.17) is 16.3 Å². The van der Waals surface area contributed by atoms with Crippen molar-refractivity contribution in [1.82, 2.24) is 5.32 Å². The minimum atomic E-state index is -3.14. The predicted octanol–water partition coefficient (Wildman–Crippen LogP) is 5.79. The smallest absolute Gasteiger partial charge is 0.171 e. The number of nitrogens with one attached hydrogen (secondary N) is 1. The van der Waals surface area contributed by atoms with Gasteiger partial charge in [0.05, 0.1) is 12.4 Å². The van der Waals surface area contributed by atoms with E-state index in [1.54, 1.807) is 13.0 Å². The fourth-order valence-electron chi connectivity index (χ4n) is 4.92. The maximum absolute atomic E-state index is 11.8. The maximum atomic E-state index is 11.8. The molecule has 0 amide bonds. The summed E-state index contributed by atoms with van der Waals surface area (Å²) in [7, 11) is -3.14. The highest BCUT2D eigenvalue weighted by molar-refractivity contribution is 7.94. The van der Waals surface area contributed by atoms with Crippen molar-refractivity contribution in [2.45, 2.75) is 50.5 Å². The Morgan fingerprint density at radius 3 is 2.59 bits per heavy atom. The number of fused-ring (bicyclic) bond motifs is 1. The molecule has 1 aliphatic carbocycles. The number of allylic oxidation sites excluding steroid dienone is 1. The van der Waals surface area contributed by atoms with Crippen molar-refractivity contribution < 1.29 is 13.2 Å². The lowest BCUT2D eigenvalue weighted by Crippen LogP contribution is -2.49. The van der Waals surface area contributed by atoms with Gasteiger partial charge in [0.15, 0.2) is 9.84 Å². The Balaban J connectivity index is 0.00000289. The third kappa shape index (κ3) is 5.33. The number of ether oxygens (including phenoxy) is 1. The molecule has 1 unspecified atom stereocenters. The first-order chi connectivity index (χ1) is 14.9. The first-order valence-corrected chi connectivity index (χ1v) is 13.1. The molecule has 0 spiro atoms. The summed E-state index contributed by atoms with van der Waals surface area (Å²) < 4.78 is 29.6. The van der Waals surface area contributed by atoms with Crippen LogP contribution in [-0.2, 0) is 21.7 Å². The highest BCUT2D eigenvalue weighted by atomic mass is 35.5. The second-order valence-corrected chi connectivity index (χ2v) is 11.0. The van der Waals surface area contributed by atoms with Crippen LogP contribution < -0.4 is 10.1 Å². The van der Waals surface area contributed by atoms with E-state index in [1.807, 2.05) is 18.2 Å². The van der Waals surface area contributed by atoms with Gasteiger partial charge in [0.1, 0.15) is 5.75 Å². The van der Waals surface area contributed by atoms with Gasteiger partial charge in [0.25, 0.3) is 0 Å². The van der Waals surface area contributed by atoms with Gasteiger partial charge in [-0.05, 0) is 80.1 Å². The lowest BCUT2D eigenvalue weighted by Gasteiger charge is -2.50. The number of benzene rings is 2. The first kappa shape index (κ1) is 25.1. The Hall–Kier alpha value is -1.53.